The number of nitrogen functional groups attached to an aromatic ring is 1. The first-order chi connectivity index (χ1) is 8.66. The highest BCUT2D eigenvalue weighted by molar-refractivity contribution is 5.87. The highest BCUT2D eigenvalue weighted by Crippen LogP contribution is 2.28. The molecule has 0 atom stereocenters. The quantitative estimate of drug-likeness (QED) is 0.812. The minimum atomic E-state index is 0.423. The molecule has 0 aliphatic carbocycles. The van der Waals surface area contributed by atoms with E-state index >= 15 is 0 Å². The maximum Gasteiger partial charge on any atom is 0.163 e. The lowest BCUT2D eigenvalue weighted by Gasteiger charge is -2.29. The summed E-state index contributed by atoms with van der Waals surface area (Å²) in [4.78, 5) is 10.7. The number of aromatic nitrogens is 4. The number of fused-ring (bicyclic) bond motifs is 1. The molecule has 0 bridgehead atoms. The van der Waals surface area contributed by atoms with Crippen LogP contribution >= 0.6 is 0 Å². The number of likely N-dealkylation sites (tertiary alicyclic amines) is 1. The molecule has 2 aromatic rings. The summed E-state index contributed by atoms with van der Waals surface area (Å²) >= 11 is 0. The summed E-state index contributed by atoms with van der Waals surface area (Å²) in [5, 5.41) is 5.51. The van der Waals surface area contributed by atoms with Crippen molar-refractivity contribution < 1.29 is 0 Å². The predicted octanol–water partition coefficient (Wildman–Crippen LogP) is 0.984. The van der Waals surface area contributed by atoms with E-state index < -0.39 is 0 Å². The number of nitrogens with two attached hydrogens (primary N) is 1. The molecule has 6 nitrogen and oxygen atoms in total. The van der Waals surface area contributed by atoms with Crippen LogP contribution in [0, 0.1) is 6.92 Å². The smallest absolute Gasteiger partial charge is 0.163 e. The van der Waals surface area contributed by atoms with Gasteiger partial charge in [0.25, 0.3) is 0 Å². The van der Waals surface area contributed by atoms with Gasteiger partial charge in [-0.2, -0.15) is 5.10 Å². The zero-order valence-electron chi connectivity index (χ0n) is 10.8. The van der Waals surface area contributed by atoms with E-state index in [-0.39, 0.29) is 0 Å². The van der Waals surface area contributed by atoms with Crippen LogP contribution in [0.3, 0.4) is 0 Å². The first-order valence-corrected chi connectivity index (χ1v) is 6.30. The Morgan fingerprint density at radius 2 is 2.00 bits per heavy atom. The van der Waals surface area contributed by atoms with Crippen LogP contribution in [-0.2, 0) is 0 Å². The fraction of sp³-hybridized carbons (Fsp3) is 0.583. The van der Waals surface area contributed by atoms with Gasteiger partial charge in [-0.3, -0.25) is 0 Å². The minimum absolute atomic E-state index is 0.423. The van der Waals surface area contributed by atoms with Gasteiger partial charge >= 0.3 is 0 Å². The number of anilines is 1. The van der Waals surface area contributed by atoms with E-state index in [1.54, 1.807) is 0 Å². The number of hydrogen-bond donors (Lipinski definition) is 1. The number of aryl methyl sites for hydroxylation is 1. The molecule has 0 saturated carbocycles. The summed E-state index contributed by atoms with van der Waals surface area (Å²) in [5.41, 5.74) is 7.70. The first kappa shape index (κ1) is 11.4. The van der Waals surface area contributed by atoms with Gasteiger partial charge < -0.3 is 10.6 Å². The molecule has 0 aromatic carbocycles. The molecule has 1 saturated heterocycles. The zero-order valence-corrected chi connectivity index (χ0v) is 10.8. The molecule has 0 spiro atoms. The average Bonchev–Trinajstić information content (AvgIpc) is 2.69. The standard InChI is InChI=1S/C12H18N6/c1-8-10-11(13)14-7-15-12(10)18(16-8)9-3-5-17(2)6-4-9/h7,9H,3-6H2,1-2H3,(H2,13,14,15). The Bertz CT molecular complexity index is 567. The van der Waals surface area contributed by atoms with E-state index in [0.29, 0.717) is 11.9 Å². The van der Waals surface area contributed by atoms with Crippen molar-refractivity contribution in [3.63, 3.8) is 0 Å². The molecule has 1 aliphatic rings. The van der Waals surface area contributed by atoms with Crippen LogP contribution in [0.1, 0.15) is 24.6 Å². The molecule has 0 amide bonds. The third kappa shape index (κ3) is 1.73. The lowest BCUT2D eigenvalue weighted by molar-refractivity contribution is 0.214. The second-order valence-corrected chi connectivity index (χ2v) is 5.02. The molecule has 3 heterocycles. The molecular formula is C12H18N6. The first-order valence-electron chi connectivity index (χ1n) is 6.30. The third-order valence-corrected chi connectivity index (χ3v) is 3.73. The van der Waals surface area contributed by atoms with Crippen molar-refractivity contribution in [2.45, 2.75) is 25.8 Å². The summed E-state index contributed by atoms with van der Waals surface area (Å²) in [7, 11) is 2.16. The Hall–Kier alpha value is -1.69. The molecule has 2 aromatic heterocycles. The van der Waals surface area contributed by atoms with Crippen LogP contribution in [-0.4, -0.2) is 44.8 Å². The maximum atomic E-state index is 5.91. The molecule has 1 fully saturated rings. The van der Waals surface area contributed by atoms with Gasteiger partial charge in [0.2, 0.25) is 0 Å². The molecule has 2 N–H and O–H groups in total. The Morgan fingerprint density at radius 1 is 1.28 bits per heavy atom. The number of piperidine rings is 1. The van der Waals surface area contributed by atoms with Crippen LogP contribution in [0.4, 0.5) is 5.82 Å². The van der Waals surface area contributed by atoms with Gasteiger partial charge in [0, 0.05) is 0 Å². The second kappa shape index (κ2) is 4.20. The van der Waals surface area contributed by atoms with Crippen molar-refractivity contribution in [2.24, 2.45) is 0 Å². The van der Waals surface area contributed by atoms with Crippen LogP contribution in [0.25, 0.3) is 11.0 Å². The topological polar surface area (TPSA) is 72.9 Å². The lowest BCUT2D eigenvalue weighted by atomic mass is 10.1. The van der Waals surface area contributed by atoms with E-state index in [1.807, 2.05) is 11.6 Å². The van der Waals surface area contributed by atoms with Crippen molar-refractivity contribution in [1.82, 2.24) is 24.6 Å². The Labute approximate surface area is 106 Å². The SMILES string of the molecule is Cc1nn(C2CCN(C)CC2)c2ncnc(N)c12. The zero-order chi connectivity index (χ0) is 12.7. The van der Waals surface area contributed by atoms with Crippen molar-refractivity contribution in [3.8, 4) is 0 Å². The van der Waals surface area contributed by atoms with E-state index in [0.717, 1.165) is 42.7 Å². The fourth-order valence-corrected chi connectivity index (χ4v) is 2.66. The molecule has 96 valence electrons. The Balaban J connectivity index is 2.05. The van der Waals surface area contributed by atoms with Crippen molar-refractivity contribution >= 4 is 16.9 Å². The minimum Gasteiger partial charge on any atom is -0.383 e. The van der Waals surface area contributed by atoms with Crippen molar-refractivity contribution in [3.05, 3.63) is 12.0 Å². The monoisotopic (exact) mass is 246 g/mol. The average molecular weight is 246 g/mol. The van der Waals surface area contributed by atoms with Gasteiger partial charge in [-0.25, -0.2) is 14.6 Å². The third-order valence-electron chi connectivity index (χ3n) is 3.73. The van der Waals surface area contributed by atoms with Gasteiger partial charge in [-0.15, -0.1) is 0 Å². The second-order valence-electron chi connectivity index (χ2n) is 5.02. The van der Waals surface area contributed by atoms with Gasteiger partial charge in [0.1, 0.15) is 12.1 Å². The summed E-state index contributed by atoms with van der Waals surface area (Å²) in [6.45, 7) is 4.17. The van der Waals surface area contributed by atoms with Gasteiger partial charge in [0.05, 0.1) is 17.1 Å². The molecule has 18 heavy (non-hydrogen) atoms. The van der Waals surface area contributed by atoms with E-state index in [2.05, 4.69) is 27.0 Å². The lowest BCUT2D eigenvalue weighted by Crippen LogP contribution is -2.32. The highest BCUT2D eigenvalue weighted by Gasteiger charge is 2.22. The van der Waals surface area contributed by atoms with Crippen molar-refractivity contribution in [1.29, 1.82) is 0 Å². The number of nitrogens with zero attached hydrogens (tertiary/aromatic N) is 5. The van der Waals surface area contributed by atoms with Crippen LogP contribution in [0.2, 0.25) is 0 Å². The molecule has 6 heteroatoms. The fourth-order valence-electron chi connectivity index (χ4n) is 2.66. The van der Waals surface area contributed by atoms with Crippen LogP contribution in [0.15, 0.2) is 6.33 Å². The molecule has 1 aliphatic heterocycles. The highest BCUT2D eigenvalue weighted by atomic mass is 15.3. The summed E-state index contributed by atoms with van der Waals surface area (Å²) in [6.07, 6.45) is 3.73. The van der Waals surface area contributed by atoms with E-state index in [9.17, 15) is 0 Å². The van der Waals surface area contributed by atoms with Gasteiger partial charge in [-0.05, 0) is 39.9 Å². The van der Waals surface area contributed by atoms with Crippen molar-refractivity contribution in [2.75, 3.05) is 25.9 Å². The molecule has 3 rings (SSSR count). The van der Waals surface area contributed by atoms with Gasteiger partial charge in [-0.1, -0.05) is 0 Å². The molecule has 0 unspecified atom stereocenters. The summed E-state index contributed by atoms with van der Waals surface area (Å²) < 4.78 is 2.04. The molecule has 0 radical (unpaired) electrons. The Morgan fingerprint density at radius 3 is 2.72 bits per heavy atom. The summed E-state index contributed by atoms with van der Waals surface area (Å²) in [5.74, 6) is 0.525. The number of hydrogen-bond acceptors (Lipinski definition) is 5. The van der Waals surface area contributed by atoms with Crippen LogP contribution in [0.5, 0.6) is 0 Å². The molecular weight excluding hydrogens is 228 g/mol. The van der Waals surface area contributed by atoms with E-state index in [1.165, 1.54) is 6.33 Å². The van der Waals surface area contributed by atoms with E-state index in [4.69, 9.17) is 5.73 Å². The summed E-state index contributed by atoms with van der Waals surface area (Å²) in [6, 6.07) is 0.423. The number of rotatable bonds is 1. The van der Waals surface area contributed by atoms with Gasteiger partial charge in [0.15, 0.2) is 5.65 Å². The van der Waals surface area contributed by atoms with Crippen LogP contribution < -0.4 is 5.73 Å². The normalized spacial score (nSPS) is 18.6. The maximum absolute atomic E-state index is 5.91. The Kier molecular flexibility index (Phi) is 2.66. The predicted molar refractivity (Wildman–Crippen MR) is 70.2 cm³/mol. The largest absolute Gasteiger partial charge is 0.383 e.